The van der Waals surface area contributed by atoms with Crippen molar-refractivity contribution < 1.29 is 14.1 Å². The molecule has 9 nitrogen and oxygen atoms in total. The largest absolute Gasteiger partial charge is 0.418 e. The Labute approximate surface area is 153 Å². The van der Waals surface area contributed by atoms with Crippen LogP contribution in [0.5, 0.6) is 0 Å². The molecule has 0 N–H and O–H groups in total. The number of nitrogens with zero attached hydrogens (tertiary/aromatic N) is 5. The van der Waals surface area contributed by atoms with Crippen molar-refractivity contribution in [1.82, 2.24) is 20.1 Å². The molecule has 9 heteroatoms. The SMILES string of the molecule is O=C(c1cccc([N+](=O)[O-])c1)N1CCCC1c1nnc(-c2ccncc2)o1. The molecular formula is C18H15N5O4. The van der Waals surface area contributed by atoms with Crippen LogP contribution in [0.4, 0.5) is 5.69 Å². The van der Waals surface area contributed by atoms with E-state index in [9.17, 15) is 14.9 Å². The number of carbonyl (C=O) groups excluding carboxylic acids is 1. The van der Waals surface area contributed by atoms with Crippen LogP contribution in [0.15, 0.2) is 53.2 Å². The van der Waals surface area contributed by atoms with Gasteiger partial charge in [-0.2, -0.15) is 0 Å². The van der Waals surface area contributed by atoms with Crippen LogP contribution in [0.2, 0.25) is 0 Å². The number of pyridine rings is 1. The van der Waals surface area contributed by atoms with Gasteiger partial charge in [0.2, 0.25) is 11.8 Å². The number of non-ortho nitro benzene ring substituents is 1. The predicted molar refractivity (Wildman–Crippen MR) is 93.6 cm³/mol. The van der Waals surface area contributed by atoms with Crippen molar-refractivity contribution in [2.24, 2.45) is 0 Å². The van der Waals surface area contributed by atoms with E-state index in [1.165, 1.54) is 18.2 Å². The second-order valence-electron chi connectivity index (χ2n) is 6.15. The number of carbonyl (C=O) groups is 1. The van der Waals surface area contributed by atoms with Crippen molar-refractivity contribution in [2.75, 3.05) is 6.54 Å². The molecule has 136 valence electrons. The number of rotatable bonds is 4. The van der Waals surface area contributed by atoms with Crippen molar-refractivity contribution in [3.63, 3.8) is 0 Å². The molecular weight excluding hydrogens is 350 g/mol. The zero-order chi connectivity index (χ0) is 18.8. The van der Waals surface area contributed by atoms with Crippen LogP contribution >= 0.6 is 0 Å². The van der Waals surface area contributed by atoms with Crippen molar-refractivity contribution in [3.8, 4) is 11.5 Å². The predicted octanol–water partition coefficient (Wildman–Crippen LogP) is 3.02. The van der Waals surface area contributed by atoms with Gasteiger partial charge >= 0.3 is 0 Å². The van der Waals surface area contributed by atoms with Crippen LogP contribution in [0.25, 0.3) is 11.5 Å². The normalized spacial score (nSPS) is 16.4. The first kappa shape index (κ1) is 16.8. The first-order valence-corrected chi connectivity index (χ1v) is 8.43. The molecule has 1 saturated heterocycles. The Hall–Kier alpha value is -3.62. The molecule has 3 heterocycles. The quantitative estimate of drug-likeness (QED) is 0.515. The molecule has 0 aliphatic carbocycles. The van der Waals surface area contributed by atoms with Gasteiger partial charge in [-0.25, -0.2) is 0 Å². The average Bonchev–Trinajstić information content (AvgIpc) is 3.37. The summed E-state index contributed by atoms with van der Waals surface area (Å²) in [6, 6.07) is 8.90. The highest BCUT2D eigenvalue weighted by molar-refractivity contribution is 5.95. The fourth-order valence-corrected chi connectivity index (χ4v) is 3.17. The third-order valence-electron chi connectivity index (χ3n) is 4.47. The zero-order valence-electron chi connectivity index (χ0n) is 14.2. The monoisotopic (exact) mass is 365 g/mol. The smallest absolute Gasteiger partial charge is 0.270 e. The Morgan fingerprint density at radius 3 is 2.81 bits per heavy atom. The number of hydrogen-bond donors (Lipinski definition) is 0. The van der Waals surface area contributed by atoms with Crippen molar-refractivity contribution in [1.29, 1.82) is 0 Å². The van der Waals surface area contributed by atoms with Crippen LogP contribution in [0.1, 0.15) is 35.1 Å². The van der Waals surface area contributed by atoms with Crippen LogP contribution in [0.3, 0.4) is 0 Å². The topological polar surface area (TPSA) is 115 Å². The molecule has 1 fully saturated rings. The highest BCUT2D eigenvalue weighted by atomic mass is 16.6. The van der Waals surface area contributed by atoms with Crippen LogP contribution in [-0.2, 0) is 0 Å². The highest BCUT2D eigenvalue weighted by Gasteiger charge is 2.34. The molecule has 3 aromatic rings. The first-order chi connectivity index (χ1) is 13.1. The van der Waals surface area contributed by atoms with Crippen molar-refractivity contribution in [2.45, 2.75) is 18.9 Å². The molecule has 0 radical (unpaired) electrons. The van der Waals surface area contributed by atoms with Crippen molar-refractivity contribution in [3.05, 3.63) is 70.4 Å². The summed E-state index contributed by atoms with van der Waals surface area (Å²) in [7, 11) is 0. The van der Waals surface area contributed by atoms with Gasteiger partial charge in [-0.15, -0.1) is 10.2 Å². The van der Waals surface area contributed by atoms with Gasteiger partial charge in [-0.05, 0) is 31.0 Å². The Kier molecular flexibility index (Phi) is 4.33. The number of nitro groups is 1. The van der Waals surface area contributed by atoms with E-state index < -0.39 is 4.92 Å². The Balaban J connectivity index is 1.59. The molecule has 0 spiro atoms. The van der Waals surface area contributed by atoms with Gasteiger partial charge in [-0.1, -0.05) is 6.07 Å². The van der Waals surface area contributed by atoms with Crippen LogP contribution in [-0.4, -0.2) is 37.5 Å². The summed E-state index contributed by atoms with van der Waals surface area (Å²) in [6.45, 7) is 0.527. The summed E-state index contributed by atoms with van der Waals surface area (Å²) in [5, 5.41) is 19.1. The second kappa shape index (κ2) is 6.94. The Bertz CT molecular complexity index is 988. The lowest BCUT2D eigenvalue weighted by atomic mass is 10.1. The molecule has 1 amide bonds. The van der Waals surface area contributed by atoms with Crippen LogP contribution < -0.4 is 0 Å². The third-order valence-corrected chi connectivity index (χ3v) is 4.47. The minimum Gasteiger partial charge on any atom is -0.418 e. The minimum absolute atomic E-state index is 0.116. The van der Waals surface area contributed by atoms with E-state index in [0.717, 1.165) is 12.0 Å². The van der Waals surface area contributed by atoms with Crippen LogP contribution in [0, 0.1) is 10.1 Å². The molecule has 1 aromatic carbocycles. The molecule has 1 unspecified atom stereocenters. The summed E-state index contributed by atoms with van der Waals surface area (Å²) >= 11 is 0. The average molecular weight is 365 g/mol. The number of aromatic nitrogens is 3. The summed E-state index contributed by atoms with van der Waals surface area (Å²) in [4.78, 5) is 28.9. The lowest BCUT2D eigenvalue weighted by Crippen LogP contribution is -2.30. The van der Waals surface area contributed by atoms with Gasteiger partial charge in [0.25, 0.3) is 11.6 Å². The van der Waals surface area contributed by atoms with Gasteiger partial charge in [0.15, 0.2) is 0 Å². The van der Waals surface area contributed by atoms with E-state index in [1.807, 2.05) is 0 Å². The van der Waals surface area contributed by atoms with Gasteiger partial charge in [0, 0.05) is 42.2 Å². The molecule has 1 aliphatic rings. The Morgan fingerprint density at radius 1 is 1.22 bits per heavy atom. The van der Waals surface area contributed by atoms with Gasteiger partial charge in [0.05, 0.1) is 4.92 Å². The Morgan fingerprint density at radius 2 is 2.04 bits per heavy atom. The summed E-state index contributed by atoms with van der Waals surface area (Å²) in [5.41, 5.74) is 0.901. The van der Waals surface area contributed by atoms with E-state index in [0.29, 0.717) is 24.7 Å². The highest BCUT2D eigenvalue weighted by Crippen LogP contribution is 2.34. The number of hydrogen-bond acceptors (Lipinski definition) is 7. The number of likely N-dealkylation sites (tertiary alicyclic amines) is 1. The summed E-state index contributed by atoms with van der Waals surface area (Å²) < 4.78 is 5.78. The lowest BCUT2D eigenvalue weighted by Gasteiger charge is -2.22. The maximum atomic E-state index is 12.9. The van der Waals surface area contributed by atoms with E-state index in [2.05, 4.69) is 15.2 Å². The molecule has 4 rings (SSSR count). The number of benzene rings is 1. The maximum Gasteiger partial charge on any atom is 0.270 e. The maximum absolute atomic E-state index is 12.9. The van der Waals surface area contributed by atoms with Gasteiger partial charge in [-0.3, -0.25) is 19.9 Å². The van der Waals surface area contributed by atoms with E-state index in [4.69, 9.17) is 4.42 Å². The van der Waals surface area contributed by atoms with Crippen molar-refractivity contribution >= 4 is 11.6 Å². The molecule has 2 aromatic heterocycles. The fourth-order valence-electron chi connectivity index (χ4n) is 3.17. The summed E-state index contributed by atoms with van der Waals surface area (Å²) in [5.74, 6) is 0.435. The summed E-state index contributed by atoms with van der Waals surface area (Å²) in [6.07, 6.45) is 4.75. The molecule has 27 heavy (non-hydrogen) atoms. The molecule has 1 aliphatic heterocycles. The zero-order valence-corrected chi connectivity index (χ0v) is 14.2. The number of nitro benzene ring substituents is 1. The standard InChI is InChI=1S/C18H15N5O4/c24-18(13-3-1-4-14(11-13)23(25)26)22-10-2-5-15(22)17-21-20-16(27-17)12-6-8-19-9-7-12/h1,3-4,6-9,11,15H,2,5,10H2. The molecule has 0 saturated carbocycles. The molecule has 1 atom stereocenters. The van der Waals surface area contributed by atoms with Gasteiger partial charge < -0.3 is 9.32 Å². The fraction of sp³-hybridized carbons (Fsp3) is 0.222. The second-order valence-corrected chi connectivity index (χ2v) is 6.15. The number of amides is 1. The van der Waals surface area contributed by atoms with E-state index >= 15 is 0 Å². The van der Waals surface area contributed by atoms with E-state index in [-0.39, 0.29) is 23.2 Å². The third kappa shape index (κ3) is 3.26. The molecule has 0 bridgehead atoms. The minimum atomic E-state index is -0.517. The first-order valence-electron chi connectivity index (χ1n) is 8.43. The van der Waals surface area contributed by atoms with Gasteiger partial charge in [0.1, 0.15) is 6.04 Å². The van der Waals surface area contributed by atoms with E-state index in [1.54, 1.807) is 35.5 Å². The lowest BCUT2D eigenvalue weighted by molar-refractivity contribution is -0.384.